The van der Waals surface area contributed by atoms with Crippen LogP contribution >= 0.6 is 61.3 Å². The molecule has 284 valence electrons. The van der Waals surface area contributed by atoms with Gasteiger partial charge in [0.25, 0.3) is 11.8 Å². The summed E-state index contributed by atoms with van der Waals surface area (Å²) in [6.45, 7) is 3.30. The van der Waals surface area contributed by atoms with Gasteiger partial charge in [0, 0.05) is 51.0 Å². The number of aromatic nitrogens is 4. The van der Waals surface area contributed by atoms with Crippen molar-refractivity contribution in [2.45, 2.75) is 13.8 Å². The summed E-state index contributed by atoms with van der Waals surface area (Å²) in [6, 6.07) is 11.9. The van der Waals surface area contributed by atoms with E-state index in [1.54, 1.807) is 26.7 Å². The summed E-state index contributed by atoms with van der Waals surface area (Å²) in [5, 5.41) is 34.7. The molecule has 0 bridgehead atoms. The fourth-order valence-corrected chi connectivity index (χ4v) is 9.68. The quantitative estimate of drug-likeness (QED) is 0.117. The number of nitrogens with one attached hydrogen (secondary N) is 2. The van der Waals surface area contributed by atoms with E-state index in [0.717, 1.165) is 37.3 Å². The zero-order valence-electron chi connectivity index (χ0n) is 29.0. The van der Waals surface area contributed by atoms with Crippen LogP contribution in [0.4, 0.5) is 20.2 Å². The average Bonchev–Trinajstić information content (AvgIpc) is 4.00. The lowest BCUT2D eigenvalue weighted by atomic mass is 10.1. The molecule has 6 heterocycles. The third kappa shape index (κ3) is 7.38. The highest BCUT2D eigenvalue weighted by molar-refractivity contribution is 9.10. The standard InChI is InChI=1S/C19H14BrN3O3S2.C18H11F2N3O3S2/c1-9-12-7-14(28-18(12)23(2)22-9)17(24)21-13-8-27-16(15(13)19(25)26)10-3-5-11(20)6-4-10;1-8-2-3-9(14(20)13(8)19)15-12(17(25)26)11(7-28-15)21-16(24)10-6-23-4-5-27-18(23)22-10/h3-8H,1-2H3,(H,21,24)(H,25,26);2-7H,1H3,(H,21,24)(H,25,26). The number of benzene rings is 2. The van der Waals surface area contributed by atoms with Crippen LogP contribution in [-0.2, 0) is 7.05 Å². The number of thiophene rings is 3. The molecule has 0 spiro atoms. The molecule has 6 aromatic heterocycles. The first-order valence-corrected chi connectivity index (χ1v) is 20.3. The number of carbonyl (C=O) groups is 4. The van der Waals surface area contributed by atoms with Crippen LogP contribution in [-0.4, -0.2) is 53.1 Å². The lowest BCUT2D eigenvalue weighted by Crippen LogP contribution is -2.14. The minimum absolute atomic E-state index is 0.00534. The van der Waals surface area contributed by atoms with E-state index in [4.69, 9.17) is 0 Å². The molecule has 0 aliphatic rings. The third-order valence-corrected chi connectivity index (χ3v) is 12.9. The number of hydrogen-bond acceptors (Lipinski definition) is 10. The van der Waals surface area contributed by atoms with Crippen molar-refractivity contribution in [1.82, 2.24) is 19.2 Å². The van der Waals surface area contributed by atoms with Crippen LogP contribution in [0.2, 0.25) is 0 Å². The van der Waals surface area contributed by atoms with Crippen molar-refractivity contribution in [3.63, 3.8) is 0 Å². The predicted octanol–water partition coefficient (Wildman–Crippen LogP) is 10.0. The van der Waals surface area contributed by atoms with Crippen molar-refractivity contribution >= 4 is 112 Å². The van der Waals surface area contributed by atoms with Crippen molar-refractivity contribution in [3.05, 3.63) is 120 Å². The SMILES string of the molecule is Cc1ccc(-c2scc(NC(=O)c3cn4ccsc4n3)c2C(=O)O)c(F)c1F.Cc1nn(C)c2sc(C(=O)Nc3csc(-c4ccc(Br)cc4)c3C(=O)O)cc12. The Morgan fingerprint density at radius 1 is 0.839 bits per heavy atom. The number of nitrogens with zero attached hydrogens (tertiary/aromatic N) is 4. The molecule has 8 aromatic rings. The molecule has 19 heteroatoms. The van der Waals surface area contributed by atoms with E-state index in [1.165, 1.54) is 64.6 Å². The number of thiazole rings is 1. The van der Waals surface area contributed by atoms with Crippen LogP contribution in [0.25, 0.3) is 36.1 Å². The summed E-state index contributed by atoms with van der Waals surface area (Å²) in [5.74, 6) is -5.53. The molecule has 0 unspecified atom stereocenters. The Morgan fingerprint density at radius 2 is 1.48 bits per heavy atom. The van der Waals surface area contributed by atoms with Crippen LogP contribution in [0.1, 0.15) is 52.1 Å². The maximum atomic E-state index is 14.4. The third-order valence-electron chi connectivity index (χ3n) is 8.38. The zero-order chi connectivity index (χ0) is 40.0. The molecule has 0 fully saturated rings. The minimum atomic E-state index is -1.36. The molecule has 0 aliphatic heterocycles. The number of carbonyl (C=O) groups excluding carboxylic acids is 2. The number of amides is 2. The van der Waals surface area contributed by atoms with Crippen molar-refractivity contribution in [3.8, 4) is 20.9 Å². The Hall–Kier alpha value is -5.60. The Balaban J connectivity index is 0.000000172. The second-order valence-corrected chi connectivity index (χ2v) is 16.6. The van der Waals surface area contributed by atoms with Gasteiger partial charge in [0.2, 0.25) is 0 Å². The second kappa shape index (κ2) is 15.5. The zero-order valence-corrected chi connectivity index (χ0v) is 33.9. The lowest BCUT2D eigenvalue weighted by molar-refractivity contribution is 0.0688. The molecule has 0 atom stereocenters. The number of aromatic carboxylic acids is 2. The predicted molar refractivity (Wildman–Crippen MR) is 218 cm³/mol. The highest BCUT2D eigenvalue weighted by atomic mass is 79.9. The van der Waals surface area contributed by atoms with Crippen LogP contribution < -0.4 is 10.6 Å². The molecule has 0 radical (unpaired) electrons. The second-order valence-electron chi connectivity index (χ2n) is 12.0. The van der Waals surface area contributed by atoms with Crippen LogP contribution in [0.3, 0.4) is 0 Å². The van der Waals surface area contributed by atoms with Gasteiger partial charge in [-0.05, 0) is 43.2 Å². The normalized spacial score (nSPS) is 11.1. The molecule has 4 N–H and O–H groups in total. The van der Waals surface area contributed by atoms with Gasteiger partial charge >= 0.3 is 11.9 Å². The highest BCUT2D eigenvalue weighted by Crippen LogP contribution is 2.39. The van der Waals surface area contributed by atoms with E-state index >= 15 is 0 Å². The summed E-state index contributed by atoms with van der Waals surface area (Å²) < 4.78 is 32.6. The molecule has 0 saturated carbocycles. The molecule has 56 heavy (non-hydrogen) atoms. The van der Waals surface area contributed by atoms with Crippen molar-refractivity contribution in [2.75, 3.05) is 10.6 Å². The summed E-state index contributed by atoms with van der Waals surface area (Å²) >= 11 is 8.25. The number of rotatable bonds is 8. The average molecular weight is 896 g/mol. The van der Waals surface area contributed by atoms with Crippen LogP contribution in [0.15, 0.2) is 75.5 Å². The largest absolute Gasteiger partial charge is 0.478 e. The van der Waals surface area contributed by atoms with E-state index < -0.39 is 29.5 Å². The van der Waals surface area contributed by atoms with Gasteiger partial charge in [0.15, 0.2) is 16.6 Å². The maximum absolute atomic E-state index is 14.4. The van der Waals surface area contributed by atoms with Crippen molar-refractivity contribution < 1.29 is 38.2 Å². The fourth-order valence-electron chi connectivity index (χ4n) is 5.68. The number of anilines is 2. The van der Waals surface area contributed by atoms with Gasteiger partial charge in [0.05, 0.1) is 31.7 Å². The number of aryl methyl sites for hydroxylation is 3. The van der Waals surface area contributed by atoms with Crippen molar-refractivity contribution in [2.24, 2.45) is 7.05 Å². The van der Waals surface area contributed by atoms with E-state index in [2.05, 4.69) is 36.6 Å². The van der Waals surface area contributed by atoms with E-state index in [-0.39, 0.29) is 44.4 Å². The Morgan fingerprint density at radius 3 is 2.12 bits per heavy atom. The van der Waals surface area contributed by atoms with Gasteiger partial charge < -0.3 is 20.8 Å². The van der Waals surface area contributed by atoms with Gasteiger partial charge in [-0.1, -0.05) is 40.2 Å². The molecule has 2 amide bonds. The van der Waals surface area contributed by atoms with Crippen LogP contribution in [0.5, 0.6) is 0 Å². The highest BCUT2D eigenvalue weighted by Gasteiger charge is 2.26. The first-order valence-electron chi connectivity index (χ1n) is 16.1. The summed E-state index contributed by atoms with van der Waals surface area (Å²) in [6.07, 6.45) is 3.26. The molecule has 0 aliphatic carbocycles. The van der Waals surface area contributed by atoms with Gasteiger partial charge in [-0.3, -0.25) is 18.7 Å². The Bertz CT molecular complexity index is 2790. The molecule has 12 nitrogen and oxygen atoms in total. The molecular formula is C37H25BrF2N6O6S4. The molecule has 2 aromatic carbocycles. The van der Waals surface area contributed by atoms with Gasteiger partial charge in [-0.15, -0.1) is 45.3 Å². The minimum Gasteiger partial charge on any atom is -0.478 e. The number of imidazole rings is 1. The van der Waals surface area contributed by atoms with Gasteiger partial charge in [0.1, 0.15) is 21.7 Å². The fraction of sp³-hybridized carbons (Fsp3) is 0.0811. The van der Waals surface area contributed by atoms with E-state index in [1.807, 2.05) is 43.6 Å². The smallest absolute Gasteiger partial charge is 0.339 e. The number of fused-ring (bicyclic) bond motifs is 2. The Kier molecular flexibility index (Phi) is 10.7. The topological polar surface area (TPSA) is 168 Å². The van der Waals surface area contributed by atoms with E-state index in [0.29, 0.717) is 20.4 Å². The number of carboxylic acid groups (broad SMARTS) is 2. The summed E-state index contributed by atoms with van der Waals surface area (Å²) in [7, 11) is 1.83. The van der Waals surface area contributed by atoms with Crippen molar-refractivity contribution in [1.29, 1.82) is 0 Å². The first-order chi connectivity index (χ1) is 26.7. The molecule has 0 saturated heterocycles. The molecule has 8 rings (SSSR count). The lowest BCUT2D eigenvalue weighted by Gasteiger charge is -2.07. The summed E-state index contributed by atoms with van der Waals surface area (Å²) in [5.41, 5.74) is 1.78. The Labute approximate surface area is 339 Å². The van der Waals surface area contributed by atoms with Gasteiger partial charge in [-0.25, -0.2) is 23.4 Å². The summed E-state index contributed by atoms with van der Waals surface area (Å²) in [4.78, 5) is 55.7. The van der Waals surface area contributed by atoms with E-state index in [9.17, 15) is 38.2 Å². The number of carboxylic acids is 2. The first kappa shape index (κ1) is 38.7. The number of halogens is 3. The monoisotopic (exact) mass is 894 g/mol. The number of hydrogen-bond donors (Lipinski definition) is 4. The van der Waals surface area contributed by atoms with Crippen LogP contribution in [0, 0.1) is 25.5 Å². The maximum Gasteiger partial charge on any atom is 0.339 e. The van der Waals surface area contributed by atoms with Gasteiger partial charge in [-0.2, -0.15) is 5.10 Å². The molecular weight excluding hydrogens is 871 g/mol.